The molecule has 74 valence electrons. The van der Waals surface area contributed by atoms with Gasteiger partial charge < -0.3 is 9.84 Å². The van der Waals surface area contributed by atoms with Crippen molar-refractivity contribution in [2.45, 2.75) is 0 Å². The van der Waals surface area contributed by atoms with Crippen LogP contribution in [0.15, 0.2) is 22.7 Å². The van der Waals surface area contributed by atoms with Crippen molar-refractivity contribution < 1.29 is 19.6 Å². The van der Waals surface area contributed by atoms with E-state index in [1.165, 1.54) is 12.1 Å². The lowest BCUT2D eigenvalue weighted by molar-refractivity contribution is -0.385. The predicted molar refractivity (Wildman–Crippen MR) is 49.4 cm³/mol. The SMILES string of the molecule is O=C(O)Oc1ccc(Br)c([N+](=O)[O-])c1. The number of nitro benzene ring substituents is 1. The van der Waals surface area contributed by atoms with E-state index in [9.17, 15) is 14.9 Å². The average Bonchev–Trinajstić information content (AvgIpc) is 2.07. The van der Waals surface area contributed by atoms with Gasteiger partial charge in [-0.1, -0.05) is 0 Å². The summed E-state index contributed by atoms with van der Waals surface area (Å²) in [6.45, 7) is 0. The summed E-state index contributed by atoms with van der Waals surface area (Å²) < 4.78 is 4.52. The van der Waals surface area contributed by atoms with E-state index in [1.807, 2.05) is 0 Å². The molecule has 0 aliphatic rings. The second-order valence-electron chi connectivity index (χ2n) is 2.24. The first-order valence-electron chi connectivity index (χ1n) is 3.35. The lowest BCUT2D eigenvalue weighted by Crippen LogP contribution is -2.03. The zero-order valence-corrected chi connectivity index (χ0v) is 8.22. The minimum atomic E-state index is -1.51. The van der Waals surface area contributed by atoms with Crippen LogP contribution in [-0.4, -0.2) is 16.2 Å². The maximum Gasteiger partial charge on any atom is 0.511 e. The number of nitrogens with zero attached hydrogens (tertiary/aromatic N) is 1. The number of carboxylic acid groups (broad SMARTS) is 1. The Kier molecular flexibility index (Phi) is 3.03. The zero-order valence-electron chi connectivity index (χ0n) is 6.64. The average molecular weight is 262 g/mol. The molecule has 0 saturated carbocycles. The normalized spacial score (nSPS) is 9.50. The molecule has 0 bridgehead atoms. The largest absolute Gasteiger partial charge is 0.511 e. The van der Waals surface area contributed by atoms with Crippen LogP contribution in [0.3, 0.4) is 0 Å². The quantitative estimate of drug-likeness (QED) is 0.382. The lowest BCUT2D eigenvalue weighted by Gasteiger charge is -2.00. The number of nitro groups is 1. The summed E-state index contributed by atoms with van der Waals surface area (Å²) in [4.78, 5) is 19.9. The van der Waals surface area contributed by atoms with Gasteiger partial charge in [-0.05, 0) is 28.1 Å². The Morgan fingerprint density at radius 1 is 1.57 bits per heavy atom. The third kappa shape index (κ3) is 2.43. The van der Waals surface area contributed by atoms with Gasteiger partial charge >= 0.3 is 6.16 Å². The van der Waals surface area contributed by atoms with E-state index in [4.69, 9.17) is 5.11 Å². The van der Waals surface area contributed by atoms with Crippen molar-refractivity contribution in [2.75, 3.05) is 0 Å². The van der Waals surface area contributed by atoms with Crippen LogP contribution in [-0.2, 0) is 0 Å². The first-order chi connectivity index (χ1) is 6.50. The molecule has 0 fully saturated rings. The molecule has 0 radical (unpaired) electrons. The predicted octanol–water partition coefficient (Wildman–Crippen LogP) is 2.41. The molecule has 0 aromatic heterocycles. The third-order valence-electron chi connectivity index (χ3n) is 1.32. The number of ether oxygens (including phenoxy) is 1. The first-order valence-corrected chi connectivity index (χ1v) is 4.14. The summed E-state index contributed by atoms with van der Waals surface area (Å²) in [5, 5.41) is 18.7. The van der Waals surface area contributed by atoms with E-state index >= 15 is 0 Å². The van der Waals surface area contributed by atoms with Gasteiger partial charge in [0, 0.05) is 0 Å². The van der Waals surface area contributed by atoms with Crippen LogP contribution in [0, 0.1) is 10.1 Å². The fraction of sp³-hybridized carbons (Fsp3) is 0. The smallest absolute Gasteiger partial charge is 0.449 e. The summed E-state index contributed by atoms with van der Waals surface area (Å²) in [5.41, 5.74) is -0.247. The molecule has 0 atom stereocenters. The molecule has 6 nitrogen and oxygen atoms in total. The highest BCUT2D eigenvalue weighted by Crippen LogP contribution is 2.28. The summed E-state index contributed by atoms with van der Waals surface area (Å²) in [6, 6.07) is 3.68. The van der Waals surface area contributed by atoms with Crippen LogP contribution < -0.4 is 4.74 Å². The van der Waals surface area contributed by atoms with Crippen molar-refractivity contribution in [2.24, 2.45) is 0 Å². The Morgan fingerprint density at radius 3 is 2.71 bits per heavy atom. The highest BCUT2D eigenvalue weighted by atomic mass is 79.9. The molecule has 0 amide bonds. The highest BCUT2D eigenvalue weighted by molar-refractivity contribution is 9.10. The van der Waals surface area contributed by atoms with Crippen LogP contribution in [0.4, 0.5) is 10.5 Å². The van der Waals surface area contributed by atoms with Gasteiger partial charge in [0.05, 0.1) is 15.5 Å². The van der Waals surface area contributed by atoms with E-state index in [1.54, 1.807) is 0 Å². The second kappa shape index (κ2) is 4.05. The van der Waals surface area contributed by atoms with E-state index in [0.29, 0.717) is 0 Å². The Bertz CT molecular complexity index is 392. The summed E-state index contributed by atoms with van der Waals surface area (Å²) >= 11 is 2.95. The van der Waals surface area contributed by atoms with E-state index in [-0.39, 0.29) is 15.9 Å². The molecule has 0 heterocycles. The third-order valence-corrected chi connectivity index (χ3v) is 1.99. The van der Waals surface area contributed by atoms with E-state index in [2.05, 4.69) is 20.7 Å². The van der Waals surface area contributed by atoms with Crippen LogP contribution in [0.1, 0.15) is 0 Å². The Labute approximate surface area is 86.4 Å². The van der Waals surface area contributed by atoms with Crippen molar-refractivity contribution in [3.8, 4) is 5.75 Å². The fourth-order valence-corrected chi connectivity index (χ4v) is 1.19. The van der Waals surface area contributed by atoms with Crippen molar-refractivity contribution in [1.29, 1.82) is 0 Å². The van der Waals surface area contributed by atoms with E-state index in [0.717, 1.165) is 6.07 Å². The molecule has 0 spiro atoms. The van der Waals surface area contributed by atoms with Crippen LogP contribution in [0.2, 0.25) is 0 Å². The number of benzene rings is 1. The molecule has 0 aliphatic carbocycles. The molecule has 1 aromatic rings. The number of hydrogen-bond acceptors (Lipinski definition) is 4. The molecule has 0 saturated heterocycles. The first kappa shape index (κ1) is 10.5. The van der Waals surface area contributed by atoms with Crippen LogP contribution in [0.25, 0.3) is 0 Å². The Hall–Kier alpha value is -1.63. The van der Waals surface area contributed by atoms with Gasteiger partial charge in [0.15, 0.2) is 0 Å². The van der Waals surface area contributed by atoms with Gasteiger partial charge in [-0.25, -0.2) is 4.79 Å². The van der Waals surface area contributed by atoms with Crippen molar-refractivity contribution >= 4 is 27.8 Å². The fourth-order valence-electron chi connectivity index (χ4n) is 0.797. The molecule has 1 rings (SSSR count). The van der Waals surface area contributed by atoms with Crippen LogP contribution in [0.5, 0.6) is 5.75 Å². The minimum absolute atomic E-state index is 0.0904. The zero-order chi connectivity index (χ0) is 10.7. The molecular formula is C7H4BrNO5. The van der Waals surface area contributed by atoms with Crippen molar-refractivity contribution in [3.63, 3.8) is 0 Å². The lowest BCUT2D eigenvalue weighted by atomic mass is 10.3. The Morgan fingerprint density at radius 2 is 2.21 bits per heavy atom. The number of carbonyl (C=O) groups is 1. The maximum absolute atomic E-state index is 10.4. The topological polar surface area (TPSA) is 89.7 Å². The van der Waals surface area contributed by atoms with Gasteiger partial charge in [0.25, 0.3) is 5.69 Å². The number of hydrogen-bond donors (Lipinski definition) is 1. The van der Waals surface area contributed by atoms with Gasteiger partial charge in [0.2, 0.25) is 0 Å². The van der Waals surface area contributed by atoms with Crippen molar-refractivity contribution in [1.82, 2.24) is 0 Å². The highest BCUT2D eigenvalue weighted by Gasteiger charge is 2.14. The summed E-state index contributed by atoms with van der Waals surface area (Å²) in [5.74, 6) is -0.0904. The number of rotatable bonds is 2. The molecule has 1 N–H and O–H groups in total. The van der Waals surface area contributed by atoms with Gasteiger partial charge in [0.1, 0.15) is 5.75 Å². The second-order valence-corrected chi connectivity index (χ2v) is 3.09. The minimum Gasteiger partial charge on any atom is -0.449 e. The summed E-state index contributed by atoms with van der Waals surface area (Å²) in [6.07, 6.45) is -1.51. The maximum atomic E-state index is 10.4. The standard InChI is InChI=1S/C7H4BrNO5/c8-5-2-1-4(14-7(10)11)3-6(5)9(12)13/h1-3H,(H,10,11). The van der Waals surface area contributed by atoms with Crippen molar-refractivity contribution in [3.05, 3.63) is 32.8 Å². The molecule has 1 aromatic carbocycles. The van der Waals surface area contributed by atoms with Gasteiger partial charge in [-0.15, -0.1) is 0 Å². The molecule has 14 heavy (non-hydrogen) atoms. The molecule has 7 heteroatoms. The number of halogens is 1. The molecule has 0 aliphatic heterocycles. The Balaban J connectivity index is 3.06. The van der Waals surface area contributed by atoms with Gasteiger partial charge in [-0.3, -0.25) is 10.1 Å². The van der Waals surface area contributed by atoms with Gasteiger partial charge in [-0.2, -0.15) is 0 Å². The summed E-state index contributed by atoms with van der Waals surface area (Å²) in [7, 11) is 0. The molecular weight excluding hydrogens is 258 g/mol. The monoisotopic (exact) mass is 261 g/mol. The molecule has 0 unspecified atom stereocenters. The van der Waals surface area contributed by atoms with Crippen LogP contribution >= 0.6 is 15.9 Å². The van der Waals surface area contributed by atoms with E-state index < -0.39 is 11.1 Å².